The summed E-state index contributed by atoms with van der Waals surface area (Å²) < 4.78 is 15.6. The second-order valence-corrected chi connectivity index (χ2v) is 6.11. The molecular formula is C18H17Cl2NO5. The van der Waals surface area contributed by atoms with Gasteiger partial charge in [0.15, 0.2) is 17.6 Å². The molecule has 1 N–H and O–H groups in total. The Morgan fingerprint density at radius 3 is 2.27 bits per heavy atom. The highest BCUT2D eigenvalue weighted by atomic mass is 35.5. The van der Waals surface area contributed by atoms with Crippen LogP contribution in [-0.2, 0) is 9.53 Å². The maximum atomic E-state index is 12.4. The molecule has 0 fully saturated rings. The molecule has 0 spiro atoms. The molecule has 6 nitrogen and oxygen atoms in total. The Kier molecular flexibility index (Phi) is 6.71. The van der Waals surface area contributed by atoms with Crippen molar-refractivity contribution < 1.29 is 23.8 Å². The number of nitrogens with one attached hydrogen (secondary N) is 1. The number of amides is 1. The Morgan fingerprint density at radius 1 is 1.04 bits per heavy atom. The number of ether oxygens (including phenoxy) is 3. The van der Waals surface area contributed by atoms with Crippen molar-refractivity contribution in [3.63, 3.8) is 0 Å². The number of benzene rings is 2. The first-order valence-electron chi connectivity index (χ1n) is 7.54. The van der Waals surface area contributed by atoms with Crippen LogP contribution in [0.5, 0.6) is 11.5 Å². The molecule has 8 heteroatoms. The van der Waals surface area contributed by atoms with Gasteiger partial charge >= 0.3 is 5.97 Å². The molecule has 2 aromatic rings. The van der Waals surface area contributed by atoms with Gasteiger partial charge in [0.05, 0.1) is 14.2 Å². The number of carbonyl (C=O) groups is 2. The summed E-state index contributed by atoms with van der Waals surface area (Å²) in [6.45, 7) is 1.45. The van der Waals surface area contributed by atoms with Gasteiger partial charge in [-0.2, -0.15) is 0 Å². The molecule has 0 radical (unpaired) electrons. The van der Waals surface area contributed by atoms with Crippen molar-refractivity contribution >= 4 is 40.8 Å². The van der Waals surface area contributed by atoms with Crippen molar-refractivity contribution in [2.24, 2.45) is 0 Å². The molecule has 26 heavy (non-hydrogen) atoms. The molecule has 0 aromatic heterocycles. The number of hydrogen-bond acceptors (Lipinski definition) is 5. The zero-order valence-electron chi connectivity index (χ0n) is 14.3. The van der Waals surface area contributed by atoms with Crippen LogP contribution in [0.3, 0.4) is 0 Å². The standard InChI is InChI=1S/C18H17Cl2NO5/c1-10(17(22)21-13-8-11(19)7-12(20)9-13)26-18(23)14-5-4-6-15(24-2)16(14)25-3/h4-10H,1-3H3,(H,21,22)/t10-/m0/s1. The summed E-state index contributed by atoms with van der Waals surface area (Å²) in [5.74, 6) is -0.632. The summed E-state index contributed by atoms with van der Waals surface area (Å²) in [6.07, 6.45) is -1.06. The fourth-order valence-electron chi connectivity index (χ4n) is 2.20. The minimum absolute atomic E-state index is 0.150. The molecule has 0 aliphatic carbocycles. The van der Waals surface area contributed by atoms with Gasteiger partial charge in [0.1, 0.15) is 5.56 Å². The predicted molar refractivity (Wildman–Crippen MR) is 99.5 cm³/mol. The molecule has 0 aliphatic rings. The van der Waals surface area contributed by atoms with E-state index in [0.29, 0.717) is 21.5 Å². The van der Waals surface area contributed by atoms with Gasteiger partial charge in [0.25, 0.3) is 5.91 Å². The molecule has 0 heterocycles. The quantitative estimate of drug-likeness (QED) is 0.739. The van der Waals surface area contributed by atoms with Gasteiger partial charge < -0.3 is 19.5 Å². The highest BCUT2D eigenvalue weighted by Crippen LogP contribution is 2.31. The van der Waals surface area contributed by atoms with Crippen molar-refractivity contribution in [3.05, 3.63) is 52.0 Å². The number of esters is 1. The summed E-state index contributed by atoms with van der Waals surface area (Å²) in [7, 11) is 2.87. The van der Waals surface area contributed by atoms with Crippen LogP contribution in [-0.4, -0.2) is 32.2 Å². The SMILES string of the molecule is COc1cccc(C(=O)O[C@@H](C)C(=O)Nc2cc(Cl)cc(Cl)c2)c1OC. The van der Waals surface area contributed by atoms with Crippen LogP contribution in [0, 0.1) is 0 Å². The largest absolute Gasteiger partial charge is 0.493 e. The molecule has 2 rings (SSSR count). The van der Waals surface area contributed by atoms with Gasteiger partial charge in [0, 0.05) is 15.7 Å². The van der Waals surface area contributed by atoms with Crippen LogP contribution in [0.15, 0.2) is 36.4 Å². The van der Waals surface area contributed by atoms with Crippen LogP contribution in [0.25, 0.3) is 0 Å². The van der Waals surface area contributed by atoms with E-state index in [4.69, 9.17) is 37.4 Å². The van der Waals surface area contributed by atoms with Crippen LogP contribution < -0.4 is 14.8 Å². The number of para-hydroxylation sites is 1. The van der Waals surface area contributed by atoms with Gasteiger partial charge in [-0.1, -0.05) is 29.3 Å². The van der Waals surface area contributed by atoms with Crippen LogP contribution in [0.1, 0.15) is 17.3 Å². The third kappa shape index (κ3) is 4.80. The molecule has 0 aliphatic heterocycles. The van der Waals surface area contributed by atoms with E-state index >= 15 is 0 Å². The van der Waals surface area contributed by atoms with E-state index in [2.05, 4.69) is 5.32 Å². The van der Waals surface area contributed by atoms with Gasteiger partial charge in [0.2, 0.25) is 0 Å². The van der Waals surface area contributed by atoms with E-state index < -0.39 is 18.0 Å². The van der Waals surface area contributed by atoms with Gasteiger partial charge in [-0.15, -0.1) is 0 Å². The average molecular weight is 398 g/mol. The van der Waals surface area contributed by atoms with E-state index in [1.165, 1.54) is 45.4 Å². The van der Waals surface area contributed by atoms with Crippen molar-refractivity contribution in [1.29, 1.82) is 0 Å². The molecule has 0 saturated carbocycles. The lowest BCUT2D eigenvalue weighted by atomic mass is 10.2. The number of methoxy groups -OCH3 is 2. The van der Waals surface area contributed by atoms with E-state index in [-0.39, 0.29) is 11.3 Å². The molecule has 2 aromatic carbocycles. The second-order valence-electron chi connectivity index (χ2n) is 5.24. The lowest BCUT2D eigenvalue weighted by molar-refractivity contribution is -0.123. The third-order valence-corrected chi connectivity index (χ3v) is 3.84. The van der Waals surface area contributed by atoms with Gasteiger partial charge in [-0.05, 0) is 37.3 Å². The molecule has 0 unspecified atom stereocenters. The second kappa shape index (κ2) is 8.78. The molecule has 1 atom stereocenters. The van der Waals surface area contributed by atoms with E-state index in [0.717, 1.165) is 0 Å². The Hall–Kier alpha value is -2.44. The number of anilines is 1. The molecule has 1 amide bonds. The lowest BCUT2D eigenvalue weighted by Crippen LogP contribution is -2.30. The molecule has 0 bridgehead atoms. The topological polar surface area (TPSA) is 73.9 Å². The molecule has 138 valence electrons. The zero-order chi connectivity index (χ0) is 19.3. The fraction of sp³-hybridized carbons (Fsp3) is 0.222. The lowest BCUT2D eigenvalue weighted by Gasteiger charge is -2.16. The molecular weight excluding hydrogens is 381 g/mol. The van der Waals surface area contributed by atoms with Crippen molar-refractivity contribution in [2.45, 2.75) is 13.0 Å². The smallest absolute Gasteiger partial charge is 0.342 e. The van der Waals surface area contributed by atoms with Crippen molar-refractivity contribution in [2.75, 3.05) is 19.5 Å². The summed E-state index contributed by atoms with van der Waals surface area (Å²) in [4.78, 5) is 24.6. The maximum Gasteiger partial charge on any atom is 0.342 e. The van der Waals surface area contributed by atoms with Crippen LogP contribution in [0.2, 0.25) is 10.0 Å². The first kappa shape index (κ1) is 19.9. The summed E-state index contributed by atoms with van der Waals surface area (Å²) >= 11 is 11.8. The Labute approximate surface area is 160 Å². The molecule has 0 saturated heterocycles. The summed E-state index contributed by atoms with van der Waals surface area (Å²) in [5.41, 5.74) is 0.548. The predicted octanol–water partition coefficient (Wildman–Crippen LogP) is 4.19. The minimum Gasteiger partial charge on any atom is -0.493 e. The van der Waals surface area contributed by atoms with Gasteiger partial charge in [-0.3, -0.25) is 4.79 Å². The first-order chi connectivity index (χ1) is 12.3. The average Bonchev–Trinajstić information content (AvgIpc) is 2.59. The van der Waals surface area contributed by atoms with Crippen LogP contribution in [0.4, 0.5) is 5.69 Å². The number of rotatable bonds is 6. The van der Waals surface area contributed by atoms with E-state index in [1.807, 2.05) is 0 Å². The highest BCUT2D eigenvalue weighted by Gasteiger charge is 2.23. The Bertz CT molecular complexity index is 805. The zero-order valence-corrected chi connectivity index (χ0v) is 15.9. The summed E-state index contributed by atoms with van der Waals surface area (Å²) in [5, 5.41) is 3.34. The maximum absolute atomic E-state index is 12.4. The van der Waals surface area contributed by atoms with Gasteiger partial charge in [-0.25, -0.2) is 4.79 Å². The van der Waals surface area contributed by atoms with Crippen LogP contribution >= 0.6 is 23.2 Å². The number of hydrogen-bond donors (Lipinski definition) is 1. The highest BCUT2D eigenvalue weighted by molar-refractivity contribution is 6.35. The van der Waals surface area contributed by atoms with Crippen molar-refractivity contribution in [3.8, 4) is 11.5 Å². The van der Waals surface area contributed by atoms with E-state index in [1.54, 1.807) is 12.1 Å². The number of carbonyl (C=O) groups excluding carboxylic acids is 2. The summed E-state index contributed by atoms with van der Waals surface area (Å²) in [6, 6.07) is 9.39. The Morgan fingerprint density at radius 2 is 1.69 bits per heavy atom. The van der Waals surface area contributed by atoms with Crippen molar-refractivity contribution in [1.82, 2.24) is 0 Å². The monoisotopic (exact) mass is 397 g/mol. The fourth-order valence-corrected chi connectivity index (χ4v) is 2.72. The minimum atomic E-state index is -1.06. The number of halogens is 2. The Balaban J connectivity index is 2.10. The third-order valence-electron chi connectivity index (χ3n) is 3.41. The van der Waals surface area contributed by atoms with E-state index in [9.17, 15) is 9.59 Å². The normalized spacial score (nSPS) is 11.4. The first-order valence-corrected chi connectivity index (χ1v) is 8.30.